The van der Waals surface area contributed by atoms with Crippen molar-refractivity contribution in [1.82, 2.24) is 5.32 Å². The first kappa shape index (κ1) is 26.0. The van der Waals surface area contributed by atoms with Gasteiger partial charge < -0.3 is 19.5 Å². The van der Waals surface area contributed by atoms with E-state index in [0.717, 1.165) is 37.7 Å². The normalized spacial score (nSPS) is 23.9. The van der Waals surface area contributed by atoms with Gasteiger partial charge in [0.2, 0.25) is 0 Å². The molecule has 1 N–H and O–H groups in total. The van der Waals surface area contributed by atoms with Crippen LogP contribution in [0.15, 0.2) is 66.0 Å². The maximum Gasteiger partial charge on any atom is 0.316 e. The van der Waals surface area contributed by atoms with Crippen molar-refractivity contribution in [2.75, 3.05) is 14.2 Å². The van der Waals surface area contributed by atoms with Gasteiger partial charge in [0.15, 0.2) is 17.3 Å². The van der Waals surface area contributed by atoms with E-state index in [2.05, 4.69) is 11.9 Å². The number of halogens is 1. The number of esters is 1. The van der Waals surface area contributed by atoms with Gasteiger partial charge in [-0.25, -0.2) is 4.39 Å². The van der Waals surface area contributed by atoms with Crippen molar-refractivity contribution < 1.29 is 28.2 Å². The largest absolute Gasteiger partial charge is 0.493 e. The SMILES string of the molecule is C=C1NC2=C(C(=O)CC(c3ccc(OC)c(OC)c3)C2)C(c2ccccc2F)C1C(=O)OC1CCCCC1. The lowest BCUT2D eigenvalue weighted by Gasteiger charge is -2.40. The zero-order valence-corrected chi connectivity index (χ0v) is 21.9. The summed E-state index contributed by atoms with van der Waals surface area (Å²) in [6.45, 7) is 4.16. The van der Waals surface area contributed by atoms with Crippen LogP contribution in [0, 0.1) is 11.7 Å². The Balaban J connectivity index is 1.52. The highest BCUT2D eigenvalue weighted by Crippen LogP contribution is 2.48. The summed E-state index contributed by atoms with van der Waals surface area (Å²) < 4.78 is 32.0. The highest BCUT2D eigenvalue weighted by atomic mass is 19.1. The highest BCUT2D eigenvalue weighted by Gasteiger charge is 2.46. The Kier molecular flexibility index (Phi) is 7.54. The third-order valence-corrected chi connectivity index (χ3v) is 8.05. The van der Waals surface area contributed by atoms with E-state index in [4.69, 9.17) is 14.2 Å². The molecule has 3 atom stereocenters. The standard InChI is InChI=1S/C31H34FNO5/c1-18-28(31(35)38-21-9-5-4-6-10-21)29(22-11-7-8-12-23(22)32)30-24(33-18)15-20(16-25(30)34)19-13-14-26(36-2)27(17-19)37-3/h7-8,11-14,17,20-21,28-29,33H,1,4-6,9-10,15-16H2,2-3H3. The molecular weight excluding hydrogens is 485 g/mol. The van der Waals surface area contributed by atoms with Crippen LogP contribution in [0.5, 0.6) is 11.5 Å². The minimum atomic E-state index is -0.894. The summed E-state index contributed by atoms with van der Waals surface area (Å²) in [7, 11) is 3.15. The summed E-state index contributed by atoms with van der Waals surface area (Å²) >= 11 is 0. The van der Waals surface area contributed by atoms with Crippen molar-refractivity contribution in [1.29, 1.82) is 0 Å². The number of ether oxygens (including phenoxy) is 3. The molecule has 3 aliphatic rings. The number of carbonyl (C=O) groups excluding carboxylic acids is 2. The highest BCUT2D eigenvalue weighted by molar-refractivity contribution is 6.01. The van der Waals surface area contributed by atoms with E-state index >= 15 is 4.39 Å². The molecule has 0 bridgehead atoms. The maximum atomic E-state index is 15.2. The van der Waals surface area contributed by atoms with Crippen molar-refractivity contribution in [3.63, 3.8) is 0 Å². The molecule has 1 heterocycles. The fraction of sp³-hybridized carbons (Fsp3) is 0.419. The minimum absolute atomic E-state index is 0.116. The van der Waals surface area contributed by atoms with Crippen LogP contribution >= 0.6 is 0 Å². The molecule has 0 radical (unpaired) electrons. The Morgan fingerprint density at radius 3 is 2.45 bits per heavy atom. The first-order chi connectivity index (χ1) is 18.4. The summed E-state index contributed by atoms with van der Waals surface area (Å²) in [5.41, 5.74) is 2.81. The van der Waals surface area contributed by atoms with E-state index < -0.39 is 23.6 Å². The third kappa shape index (κ3) is 4.94. The fourth-order valence-electron chi connectivity index (χ4n) is 6.15. The Hall–Kier alpha value is -3.61. The van der Waals surface area contributed by atoms with Crippen molar-refractivity contribution in [2.45, 2.75) is 62.9 Å². The molecule has 2 aromatic carbocycles. The van der Waals surface area contributed by atoms with Gasteiger partial charge in [-0.15, -0.1) is 0 Å². The number of methoxy groups -OCH3 is 2. The molecule has 2 aromatic rings. The number of allylic oxidation sites excluding steroid dienone is 2. The average Bonchev–Trinajstić information content (AvgIpc) is 2.92. The van der Waals surface area contributed by atoms with E-state index in [1.54, 1.807) is 32.4 Å². The number of Topliss-reactive ketones (excluding diaryl/α,β-unsaturated/α-hetero) is 1. The van der Waals surface area contributed by atoms with Gasteiger partial charge in [0.1, 0.15) is 17.8 Å². The molecule has 5 rings (SSSR count). The Labute approximate surface area is 222 Å². The molecule has 0 amide bonds. The summed E-state index contributed by atoms with van der Waals surface area (Å²) in [4.78, 5) is 27.4. The van der Waals surface area contributed by atoms with Gasteiger partial charge in [-0.2, -0.15) is 0 Å². The van der Waals surface area contributed by atoms with Crippen LogP contribution in [-0.2, 0) is 14.3 Å². The predicted octanol–water partition coefficient (Wildman–Crippen LogP) is 5.94. The monoisotopic (exact) mass is 519 g/mol. The van der Waals surface area contributed by atoms with Crippen LogP contribution in [0.4, 0.5) is 4.39 Å². The first-order valence-electron chi connectivity index (χ1n) is 13.3. The van der Waals surface area contributed by atoms with Crippen molar-refractivity contribution in [3.05, 3.63) is 83.0 Å². The molecule has 0 saturated heterocycles. The van der Waals surface area contributed by atoms with Crippen LogP contribution in [0.3, 0.4) is 0 Å². The van der Waals surface area contributed by atoms with Crippen molar-refractivity contribution >= 4 is 11.8 Å². The topological polar surface area (TPSA) is 73.9 Å². The maximum absolute atomic E-state index is 15.2. The van der Waals surface area contributed by atoms with Crippen LogP contribution in [0.2, 0.25) is 0 Å². The minimum Gasteiger partial charge on any atom is -0.493 e. The summed E-state index contributed by atoms with van der Waals surface area (Å²) in [6.07, 6.45) is 5.41. The van der Waals surface area contributed by atoms with Crippen LogP contribution in [0.1, 0.15) is 67.9 Å². The van der Waals surface area contributed by atoms with Gasteiger partial charge in [-0.3, -0.25) is 9.59 Å². The van der Waals surface area contributed by atoms with E-state index in [1.165, 1.54) is 6.07 Å². The van der Waals surface area contributed by atoms with Gasteiger partial charge in [-0.1, -0.05) is 37.3 Å². The Morgan fingerprint density at radius 1 is 1.00 bits per heavy atom. The molecule has 1 saturated carbocycles. The smallest absolute Gasteiger partial charge is 0.316 e. The lowest BCUT2D eigenvalue weighted by Crippen LogP contribution is -2.43. The molecule has 2 aliphatic carbocycles. The van der Waals surface area contributed by atoms with E-state index in [9.17, 15) is 9.59 Å². The number of nitrogens with one attached hydrogen (secondary N) is 1. The van der Waals surface area contributed by atoms with Gasteiger partial charge in [-0.05, 0) is 67.3 Å². The molecule has 0 aromatic heterocycles. The second kappa shape index (κ2) is 11.0. The lowest BCUT2D eigenvalue weighted by molar-refractivity contribution is -0.155. The zero-order valence-electron chi connectivity index (χ0n) is 21.9. The summed E-state index contributed by atoms with van der Waals surface area (Å²) in [5.74, 6) is -1.63. The zero-order chi connectivity index (χ0) is 26.8. The number of carbonyl (C=O) groups is 2. The molecule has 38 heavy (non-hydrogen) atoms. The van der Waals surface area contributed by atoms with Crippen LogP contribution < -0.4 is 14.8 Å². The number of rotatable bonds is 6. The quantitative estimate of drug-likeness (QED) is 0.477. The summed E-state index contributed by atoms with van der Waals surface area (Å²) in [6, 6.07) is 12.0. The molecule has 1 fully saturated rings. The number of ketones is 1. The number of benzene rings is 2. The van der Waals surface area contributed by atoms with E-state index in [0.29, 0.717) is 40.5 Å². The van der Waals surface area contributed by atoms with Crippen molar-refractivity contribution in [2.24, 2.45) is 5.92 Å². The van der Waals surface area contributed by atoms with Crippen LogP contribution in [0.25, 0.3) is 0 Å². The van der Waals surface area contributed by atoms with Gasteiger partial charge in [0.05, 0.1) is 14.2 Å². The Bertz CT molecular complexity index is 1280. The van der Waals surface area contributed by atoms with E-state index in [1.807, 2.05) is 18.2 Å². The molecule has 7 heteroatoms. The molecule has 6 nitrogen and oxygen atoms in total. The second-order valence-electron chi connectivity index (χ2n) is 10.4. The first-order valence-corrected chi connectivity index (χ1v) is 13.3. The predicted molar refractivity (Wildman–Crippen MR) is 141 cm³/mol. The number of hydrogen-bond acceptors (Lipinski definition) is 6. The second-order valence-corrected chi connectivity index (χ2v) is 10.4. The lowest BCUT2D eigenvalue weighted by atomic mass is 9.69. The van der Waals surface area contributed by atoms with Crippen LogP contribution in [-0.4, -0.2) is 32.1 Å². The average molecular weight is 520 g/mol. The van der Waals surface area contributed by atoms with Gasteiger partial charge in [0, 0.05) is 29.3 Å². The molecular formula is C31H34FNO5. The molecule has 0 spiro atoms. The summed E-state index contributed by atoms with van der Waals surface area (Å²) in [5, 5.41) is 3.27. The van der Waals surface area contributed by atoms with Gasteiger partial charge in [0.25, 0.3) is 0 Å². The molecule has 3 unspecified atom stereocenters. The van der Waals surface area contributed by atoms with Crippen molar-refractivity contribution in [3.8, 4) is 11.5 Å². The number of hydrogen-bond donors (Lipinski definition) is 1. The third-order valence-electron chi connectivity index (χ3n) is 8.05. The molecule has 1 aliphatic heterocycles. The fourth-order valence-corrected chi connectivity index (χ4v) is 6.15. The molecule has 200 valence electrons. The van der Waals surface area contributed by atoms with Gasteiger partial charge >= 0.3 is 5.97 Å². The van der Waals surface area contributed by atoms with E-state index in [-0.39, 0.29) is 24.2 Å². The Morgan fingerprint density at radius 2 is 1.74 bits per heavy atom.